The van der Waals surface area contributed by atoms with Crippen molar-refractivity contribution in [1.82, 2.24) is 19.9 Å². The first-order valence-corrected chi connectivity index (χ1v) is 15.0. The number of fused-ring (bicyclic) bond motifs is 1. The maximum absolute atomic E-state index is 12.5. The molecule has 0 bridgehead atoms. The number of thiazole rings is 1. The van der Waals surface area contributed by atoms with E-state index >= 15 is 0 Å². The Labute approximate surface area is 257 Å². The first kappa shape index (κ1) is 26.8. The van der Waals surface area contributed by atoms with Gasteiger partial charge in [0.1, 0.15) is 11.8 Å². The molecule has 212 valence electrons. The SMILES string of the molecule is O=C(COc1ccccc1)Nc1ccc(N2C(=S)N[C@@H](c3ccccn3)[C@@H]2c2cccn2-c2nc3ccccc3s2)cc1. The van der Waals surface area contributed by atoms with E-state index in [4.69, 9.17) is 21.9 Å². The zero-order valence-corrected chi connectivity index (χ0v) is 24.5. The smallest absolute Gasteiger partial charge is 0.262 e. The largest absolute Gasteiger partial charge is 0.484 e. The Kier molecular flexibility index (Phi) is 7.28. The number of hydrogen-bond acceptors (Lipinski definition) is 6. The van der Waals surface area contributed by atoms with Gasteiger partial charge in [-0.2, -0.15) is 0 Å². The summed E-state index contributed by atoms with van der Waals surface area (Å²) in [6, 6.07) is 34.7. The standard InChI is InChI=1S/C33H26N6O2S2/c40-29(21-41-24-9-2-1-3-10-24)35-22-15-17-23(18-16-22)39-31(30(37-32(39)42)26-12-6-7-19-34-26)27-13-8-20-38(27)33-36-25-11-4-5-14-28(25)43-33/h1-20,30-31H,21H2,(H,35,40)(H,37,42)/t30-,31-/m0/s1. The molecule has 0 unspecified atom stereocenters. The van der Waals surface area contributed by atoms with Crippen molar-refractivity contribution in [3.63, 3.8) is 0 Å². The monoisotopic (exact) mass is 602 g/mol. The van der Waals surface area contributed by atoms with Crippen LogP contribution in [-0.4, -0.2) is 32.2 Å². The summed E-state index contributed by atoms with van der Waals surface area (Å²) < 4.78 is 8.84. The van der Waals surface area contributed by atoms with E-state index < -0.39 is 0 Å². The van der Waals surface area contributed by atoms with Gasteiger partial charge in [-0.3, -0.25) is 14.3 Å². The molecule has 0 radical (unpaired) electrons. The third kappa shape index (κ3) is 5.45. The Morgan fingerprint density at radius 1 is 0.930 bits per heavy atom. The van der Waals surface area contributed by atoms with Crippen molar-refractivity contribution in [3.8, 4) is 10.9 Å². The Morgan fingerprint density at radius 3 is 2.51 bits per heavy atom. The van der Waals surface area contributed by atoms with Crippen LogP contribution in [-0.2, 0) is 4.79 Å². The minimum atomic E-state index is -0.239. The van der Waals surface area contributed by atoms with Gasteiger partial charge in [0.05, 0.1) is 27.6 Å². The normalized spacial score (nSPS) is 16.3. The third-order valence-corrected chi connectivity index (χ3v) is 8.56. The highest BCUT2D eigenvalue weighted by molar-refractivity contribution is 7.80. The van der Waals surface area contributed by atoms with Gasteiger partial charge in [0.2, 0.25) is 0 Å². The number of carbonyl (C=O) groups excluding carboxylic acids is 1. The van der Waals surface area contributed by atoms with Gasteiger partial charge in [-0.15, -0.1) is 0 Å². The van der Waals surface area contributed by atoms with Gasteiger partial charge < -0.3 is 20.3 Å². The van der Waals surface area contributed by atoms with Crippen molar-refractivity contribution in [1.29, 1.82) is 0 Å². The number of ether oxygens (including phenoxy) is 1. The van der Waals surface area contributed by atoms with E-state index in [2.05, 4.69) is 37.2 Å². The second-order valence-corrected chi connectivity index (χ2v) is 11.4. The van der Waals surface area contributed by atoms with Crippen LogP contribution in [0.1, 0.15) is 23.5 Å². The summed E-state index contributed by atoms with van der Waals surface area (Å²) in [6.07, 6.45) is 3.84. The van der Waals surface area contributed by atoms with E-state index in [9.17, 15) is 4.79 Å². The van der Waals surface area contributed by atoms with Gasteiger partial charge in [0, 0.05) is 23.8 Å². The van der Waals surface area contributed by atoms with Crippen LogP contribution in [0.25, 0.3) is 15.3 Å². The summed E-state index contributed by atoms with van der Waals surface area (Å²) in [7, 11) is 0. The summed E-state index contributed by atoms with van der Waals surface area (Å²) in [5, 5.41) is 7.90. The number of aromatic nitrogens is 3. The number of para-hydroxylation sites is 2. The van der Waals surface area contributed by atoms with Crippen molar-refractivity contribution in [3.05, 3.63) is 133 Å². The van der Waals surface area contributed by atoms with Crippen LogP contribution < -0.4 is 20.3 Å². The molecule has 10 heteroatoms. The van der Waals surface area contributed by atoms with E-state index in [0.29, 0.717) is 16.5 Å². The molecule has 0 saturated carbocycles. The zero-order chi connectivity index (χ0) is 29.2. The van der Waals surface area contributed by atoms with Crippen LogP contribution in [0.2, 0.25) is 0 Å². The molecule has 3 aromatic heterocycles. The maximum Gasteiger partial charge on any atom is 0.262 e. The van der Waals surface area contributed by atoms with E-state index in [-0.39, 0.29) is 24.6 Å². The molecule has 3 aromatic carbocycles. The van der Waals surface area contributed by atoms with E-state index in [1.807, 2.05) is 103 Å². The number of pyridine rings is 1. The average Bonchev–Trinajstić information content (AvgIpc) is 3.78. The van der Waals surface area contributed by atoms with Crippen molar-refractivity contribution >= 4 is 56.2 Å². The molecular formula is C33H26N6O2S2. The molecule has 1 saturated heterocycles. The second-order valence-electron chi connectivity index (χ2n) is 9.96. The molecule has 1 fully saturated rings. The molecule has 2 atom stereocenters. The molecule has 1 aliphatic heterocycles. The molecule has 7 rings (SSSR count). The fourth-order valence-corrected chi connectivity index (χ4v) is 6.59. The van der Waals surface area contributed by atoms with Gasteiger partial charge in [-0.25, -0.2) is 4.98 Å². The number of anilines is 2. The predicted octanol–water partition coefficient (Wildman–Crippen LogP) is 6.68. The Hall–Kier alpha value is -5.06. The fraction of sp³-hybridized carbons (Fsp3) is 0.0909. The van der Waals surface area contributed by atoms with Crippen LogP contribution in [0, 0.1) is 0 Å². The minimum Gasteiger partial charge on any atom is -0.484 e. The van der Waals surface area contributed by atoms with Gasteiger partial charge >= 0.3 is 0 Å². The van der Waals surface area contributed by atoms with Gasteiger partial charge in [-0.05, 0) is 85.0 Å². The fourth-order valence-electron chi connectivity index (χ4n) is 5.27. The molecule has 6 aromatic rings. The lowest BCUT2D eigenvalue weighted by Gasteiger charge is -2.28. The van der Waals surface area contributed by atoms with Gasteiger partial charge in [0.15, 0.2) is 16.9 Å². The molecule has 4 heterocycles. The number of nitrogens with one attached hydrogen (secondary N) is 2. The van der Waals surface area contributed by atoms with Crippen LogP contribution >= 0.6 is 23.6 Å². The Morgan fingerprint density at radius 2 is 1.72 bits per heavy atom. The minimum absolute atomic E-state index is 0.0809. The van der Waals surface area contributed by atoms with Crippen LogP contribution in [0.5, 0.6) is 5.75 Å². The molecule has 8 nitrogen and oxygen atoms in total. The predicted molar refractivity (Wildman–Crippen MR) is 174 cm³/mol. The number of hydrogen-bond donors (Lipinski definition) is 2. The molecule has 0 aliphatic carbocycles. The van der Waals surface area contributed by atoms with Crippen molar-refractivity contribution in [2.75, 3.05) is 16.8 Å². The molecule has 1 amide bonds. The summed E-state index contributed by atoms with van der Waals surface area (Å²) in [4.78, 5) is 24.2. The van der Waals surface area contributed by atoms with Gasteiger partial charge in [-0.1, -0.05) is 47.7 Å². The zero-order valence-electron chi connectivity index (χ0n) is 22.8. The van der Waals surface area contributed by atoms with E-state index in [1.165, 1.54) is 0 Å². The molecule has 2 N–H and O–H groups in total. The van der Waals surface area contributed by atoms with Crippen LogP contribution in [0.4, 0.5) is 11.4 Å². The van der Waals surface area contributed by atoms with Gasteiger partial charge in [0.25, 0.3) is 5.91 Å². The van der Waals surface area contributed by atoms with E-state index in [1.54, 1.807) is 17.5 Å². The highest BCUT2D eigenvalue weighted by Crippen LogP contribution is 2.43. The van der Waals surface area contributed by atoms with Crippen molar-refractivity contribution in [2.24, 2.45) is 0 Å². The molecule has 43 heavy (non-hydrogen) atoms. The summed E-state index contributed by atoms with van der Waals surface area (Å²) in [6.45, 7) is -0.0809. The number of carbonyl (C=O) groups is 1. The number of benzene rings is 3. The van der Waals surface area contributed by atoms with Crippen molar-refractivity contribution in [2.45, 2.75) is 12.1 Å². The lowest BCUT2D eigenvalue weighted by molar-refractivity contribution is -0.118. The highest BCUT2D eigenvalue weighted by Gasteiger charge is 2.42. The Bertz CT molecular complexity index is 1860. The first-order valence-electron chi connectivity index (χ1n) is 13.8. The maximum atomic E-state index is 12.5. The third-order valence-electron chi connectivity index (χ3n) is 7.21. The van der Waals surface area contributed by atoms with Crippen molar-refractivity contribution < 1.29 is 9.53 Å². The summed E-state index contributed by atoms with van der Waals surface area (Å²) >= 11 is 7.57. The second kappa shape index (κ2) is 11.7. The average molecular weight is 603 g/mol. The quantitative estimate of drug-likeness (QED) is 0.188. The van der Waals surface area contributed by atoms with E-state index in [0.717, 1.165) is 32.4 Å². The topological polar surface area (TPSA) is 84.3 Å². The Balaban J connectivity index is 1.19. The molecular weight excluding hydrogens is 577 g/mol. The number of thiocarbonyl (C=S) groups is 1. The number of nitrogens with zero attached hydrogens (tertiary/aromatic N) is 4. The number of rotatable bonds is 8. The highest BCUT2D eigenvalue weighted by atomic mass is 32.1. The lowest BCUT2D eigenvalue weighted by atomic mass is 10.0. The molecule has 1 aliphatic rings. The lowest BCUT2D eigenvalue weighted by Crippen LogP contribution is -2.30. The van der Waals surface area contributed by atoms with Crippen LogP contribution in [0.15, 0.2) is 122 Å². The van der Waals surface area contributed by atoms with Crippen LogP contribution in [0.3, 0.4) is 0 Å². The number of amides is 1. The first-order chi connectivity index (χ1) is 21.1. The summed E-state index contributed by atoms with van der Waals surface area (Å²) in [5.74, 6) is 0.406. The summed E-state index contributed by atoms with van der Waals surface area (Å²) in [5.41, 5.74) is 4.43. The molecule has 0 spiro atoms.